The van der Waals surface area contributed by atoms with Gasteiger partial charge in [0.2, 0.25) is 0 Å². The standard InChI is InChI=1S/C14H30O4S/c1-3-4-5-15-6-7-16-8-9-17-10-11-18-12-14(2)13-19/h14,19H,3-13H2,1-2H3. The van der Waals surface area contributed by atoms with E-state index in [1.807, 2.05) is 0 Å². The van der Waals surface area contributed by atoms with E-state index in [9.17, 15) is 0 Å². The van der Waals surface area contributed by atoms with Crippen LogP contribution in [0, 0.1) is 5.92 Å². The lowest BCUT2D eigenvalue weighted by atomic mass is 10.2. The van der Waals surface area contributed by atoms with Crippen molar-refractivity contribution in [1.29, 1.82) is 0 Å². The summed E-state index contributed by atoms with van der Waals surface area (Å²) in [6, 6.07) is 0. The first kappa shape index (κ1) is 19.2. The highest BCUT2D eigenvalue weighted by Crippen LogP contribution is 1.97. The van der Waals surface area contributed by atoms with Gasteiger partial charge in [0.05, 0.1) is 46.2 Å². The normalized spacial score (nSPS) is 12.8. The first-order valence-electron chi connectivity index (χ1n) is 7.23. The van der Waals surface area contributed by atoms with E-state index < -0.39 is 0 Å². The van der Waals surface area contributed by atoms with E-state index in [4.69, 9.17) is 18.9 Å². The first-order chi connectivity index (χ1) is 9.31. The maximum absolute atomic E-state index is 5.43. The van der Waals surface area contributed by atoms with Crippen molar-refractivity contribution in [2.75, 3.05) is 58.6 Å². The van der Waals surface area contributed by atoms with E-state index in [1.54, 1.807) is 0 Å². The van der Waals surface area contributed by atoms with E-state index in [0.29, 0.717) is 45.6 Å². The summed E-state index contributed by atoms with van der Waals surface area (Å²) < 4.78 is 21.6. The number of hydrogen-bond donors (Lipinski definition) is 1. The molecule has 0 saturated heterocycles. The molecule has 0 amide bonds. The molecule has 19 heavy (non-hydrogen) atoms. The molecule has 1 unspecified atom stereocenters. The fraction of sp³-hybridized carbons (Fsp3) is 1.00. The smallest absolute Gasteiger partial charge is 0.0701 e. The van der Waals surface area contributed by atoms with E-state index in [1.165, 1.54) is 6.42 Å². The SMILES string of the molecule is CCCCOCCOCCOCCOCC(C)CS. The topological polar surface area (TPSA) is 36.9 Å². The number of unbranched alkanes of at least 4 members (excludes halogenated alkanes) is 1. The molecular weight excluding hydrogens is 264 g/mol. The Morgan fingerprint density at radius 1 is 0.789 bits per heavy atom. The fourth-order valence-corrected chi connectivity index (χ4v) is 1.35. The van der Waals surface area contributed by atoms with Crippen molar-refractivity contribution in [1.82, 2.24) is 0 Å². The van der Waals surface area contributed by atoms with Gasteiger partial charge in [-0.05, 0) is 18.1 Å². The van der Waals surface area contributed by atoms with E-state index in [-0.39, 0.29) is 0 Å². The molecule has 116 valence electrons. The molecule has 0 aliphatic carbocycles. The van der Waals surface area contributed by atoms with E-state index >= 15 is 0 Å². The van der Waals surface area contributed by atoms with Gasteiger partial charge in [-0.3, -0.25) is 0 Å². The van der Waals surface area contributed by atoms with Crippen molar-refractivity contribution >= 4 is 12.6 Å². The van der Waals surface area contributed by atoms with E-state index in [0.717, 1.165) is 25.4 Å². The number of hydrogen-bond acceptors (Lipinski definition) is 5. The maximum atomic E-state index is 5.43. The highest BCUT2D eigenvalue weighted by Gasteiger charge is 1.98. The molecular formula is C14H30O4S. The van der Waals surface area contributed by atoms with Crippen LogP contribution in [0.2, 0.25) is 0 Å². The molecule has 0 N–H and O–H groups in total. The van der Waals surface area contributed by atoms with Gasteiger partial charge in [-0.25, -0.2) is 0 Å². The molecule has 0 aromatic rings. The molecule has 0 fully saturated rings. The second kappa shape index (κ2) is 16.2. The van der Waals surface area contributed by atoms with Gasteiger partial charge < -0.3 is 18.9 Å². The molecule has 0 spiro atoms. The van der Waals surface area contributed by atoms with Gasteiger partial charge in [0.25, 0.3) is 0 Å². The predicted octanol–water partition coefficient (Wildman–Crippen LogP) is 2.42. The van der Waals surface area contributed by atoms with Crippen molar-refractivity contribution in [3.8, 4) is 0 Å². The van der Waals surface area contributed by atoms with Crippen molar-refractivity contribution < 1.29 is 18.9 Å². The predicted molar refractivity (Wildman–Crippen MR) is 81.2 cm³/mol. The minimum Gasteiger partial charge on any atom is -0.379 e. The molecule has 0 aliphatic heterocycles. The molecule has 0 saturated carbocycles. The summed E-state index contributed by atoms with van der Waals surface area (Å²) in [5.41, 5.74) is 0. The van der Waals surface area contributed by atoms with E-state index in [2.05, 4.69) is 26.5 Å². The zero-order valence-corrected chi connectivity index (χ0v) is 13.3. The third kappa shape index (κ3) is 16.1. The summed E-state index contributed by atoms with van der Waals surface area (Å²) in [6.07, 6.45) is 2.29. The zero-order valence-electron chi connectivity index (χ0n) is 12.4. The monoisotopic (exact) mass is 294 g/mol. The van der Waals surface area contributed by atoms with Crippen LogP contribution in [-0.2, 0) is 18.9 Å². The lowest BCUT2D eigenvalue weighted by Gasteiger charge is -2.09. The highest BCUT2D eigenvalue weighted by atomic mass is 32.1. The Bertz CT molecular complexity index is 170. The molecule has 0 aromatic carbocycles. The minimum atomic E-state index is 0.499. The van der Waals surface area contributed by atoms with Gasteiger partial charge in [0, 0.05) is 6.61 Å². The lowest BCUT2D eigenvalue weighted by molar-refractivity contribution is -0.00463. The third-order valence-electron chi connectivity index (χ3n) is 2.47. The highest BCUT2D eigenvalue weighted by molar-refractivity contribution is 7.80. The van der Waals surface area contributed by atoms with Crippen LogP contribution in [-0.4, -0.2) is 58.6 Å². The second-order valence-electron chi connectivity index (χ2n) is 4.55. The lowest BCUT2D eigenvalue weighted by Crippen LogP contribution is -2.14. The molecule has 0 aromatic heterocycles. The van der Waals surface area contributed by atoms with Crippen molar-refractivity contribution in [2.45, 2.75) is 26.7 Å². The Morgan fingerprint density at radius 3 is 1.74 bits per heavy atom. The summed E-state index contributed by atoms with van der Waals surface area (Å²) in [6.45, 7) is 9.65. The molecule has 5 heteroatoms. The number of thiol groups is 1. The quantitative estimate of drug-likeness (QED) is 0.372. The van der Waals surface area contributed by atoms with Crippen molar-refractivity contribution in [3.63, 3.8) is 0 Å². The maximum Gasteiger partial charge on any atom is 0.0701 e. The summed E-state index contributed by atoms with van der Waals surface area (Å²) in [7, 11) is 0. The van der Waals surface area contributed by atoms with Gasteiger partial charge in [-0.2, -0.15) is 12.6 Å². The summed E-state index contributed by atoms with van der Waals surface area (Å²) in [4.78, 5) is 0. The molecule has 0 rings (SSSR count). The van der Waals surface area contributed by atoms with Crippen LogP contribution in [0.5, 0.6) is 0 Å². The van der Waals surface area contributed by atoms with Gasteiger partial charge >= 0.3 is 0 Å². The minimum absolute atomic E-state index is 0.499. The Hall–Kier alpha value is 0.190. The Balaban J connectivity index is 2.95. The van der Waals surface area contributed by atoms with Gasteiger partial charge in [0.1, 0.15) is 0 Å². The first-order valence-corrected chi connectivity index (χ1v) is 7.86. The van der Waals surface area contributed by atoms with Crippen LogP contribution < -0.4 is 0 Å². The van der Waals surface area contributed by atoms with Gasteiger partial charge in [-0.1, -0.05) is 20.3 Å². The summed E-state index contributed by atoms with van der Waals surface area (Å²) in [5.74, 6) is 1.36. The molecule has 4 nitrogen and oxygen atoms in total. The van der Waals surface area contributed by atoms with Crippen molar-refractivity contribution in [3.05, 3.63) is 0 Å². The second-order valence-corrected chi connectivity index (χ2v) is 4.92. The van der Waals surface area contributed by atoms with Crippen molar-refractivity contribution in [2.24, 2.45) is 5.92 Å². The van der Waals surface area contributed by atoms with Gasteiger partial charge in [-0.15, -0.1) is 0 Å². The van der Waals surface area contributed by atoms with Crippen LogP contribution in [0.3, 0.4) is 0 Å². The Kier molecular flexibility index (Phi) is 16.4. The molecule has 0 radical (unpaired) electrons. The molecule has 0 aliphatic rings. The van der Waals surface area contributed by atoms with Crippen LogP contribution in [0.1, 0.15) is 26.7 Å². The van der Waals surface area contributed by atoms with Crippen LogP contribution >= 0.6 is 12.6 Å². The fourth-order valence-electron chi connectivity index (χ4n) is 1.24. The zero-order chi connectivity index (χ0) is 14.2. The van der Waals surface area contributed by atoms with Crippen LogP contribution in [0.15, 0.2) is 0 Å². The average Bonchev–Trinajstić information content (AvgIpc) is 2.43. The Morgan fingerprint density at radius 2 is 1.26 bits per heavy atom. The Labute approximate surface area is 123 Å². The third-order valence-corrected chi connectivity index (χ3v) is 3.10. The molecule has 0 heterocycles. The largest absolute Gasteiger partial charge is 0.379 e. The number of rotatable bonds is 15. The average molecular weight is 294 g/mol. The van der Waals surface area contributed by atoms with Crippen LogP contribution in [0.4, 0.5) is 0 Å². The summed E-state index contributed by atoms with van der Waals surface area (Å²) >= 11 is 4.20. The summed E-state index contributed by atoms with van der Waals surface area (Å²) in [5, 5.41) is 0. The molecule has 1 atom stereocenters. The van der Waals surface area contributed by atoms with Gasteiger partial charge in [0.15, 0.2) is 0 Å². The number of ether oxygens (including phenoxy) is 4. The van der Waals surface area contributed by atoms with Crippen LogP contribution in [0.25, 0.3) is 0 Å². The molecule has 0 bridgehead atoms.